The lowest BCUT2D eigenvalue weighted by Crippen LogP contribution is -2.05. The summed E-state index contributed by atoms with van der Waals surface area (Å²) in [6.07, 6.45) is 5.59. The summed E-state index contributed by atoms with van der Waals surface area (Å²) < 4.78 is 11.5. The summed E-state index contributed by atoms with van der Waals surface area (Å²) in [5.41, 5.74) is 16.5. The number of rotatable bonds is 7. The van der Waals surface area contributed by atoms with Gasteiger partial charge in [-0.05, 0) is 275 Å². The molecule has 0 amide bonds. The van der Waals surface area contributed by atoms with Gasteiger partial charge in [0.25, 0.3) is 0 Å². The Morgan fingerprint density at radius 3 is 0.779 bits per heavy atom. The number of benzene rings is 23. The van der Waals surface area contributed by atoms with Gasteiger partial charge in [-0.1, -0.05) is 346 Å². The molecule has 0 aliphatic heterocycles. The van der Waals surface area contributed by atoms with Gasteiger partial charge in [0.1, 0.15) is 17.5 Å². The average molecular weight is 1850 g/mol. The van der Waals surface area contributed by atoms with Crippen LogP contribution in [0.4, 0.5) is 0 Å². The van der Waals surface area contributed by atoms with Crippen LogP contribution in [0.15, 0.2) is 510 Å². The van der Waals surface area contributed by atoms with Crippen LogP contribution in [0, 0.1) is 0 Å². The number of hydrogen-bond donors (Lipinski definition) is 0. The molecule has 10 nitrogen and oxygen atoms in total. The Balaban J connectivity index is 0.0000000921. The van der Waals surface area contributed by atoms with E-state index in [-0.39, 0.29) is 0 Å². The molecule has 0 saturated heterocycles. The lowest BCUT2D eigenvalue weighted by Gasteiger charge is -2.14. The van der Waals surface area contributed by atoms with Gasteiger partial charge < -0.3 is 0 Å². The summed E-state index contributed by atoms with van der Waals surface area (Å²) in [7, 11) is 0. The smallest absolute Gasteiger partial charge is 0.220 e. The first-order chi connectivity index (χ1) is 72.0. The van der Waals surface area contributed by atoms with Crippen LogP contribution in [0.2, 0.25) is 0 Å². The average Bonchev–Trinajstić information content (AvgIpc) is 1.60. The van der Waals surface area contributed by atoms with E-state index in [0.717, 1.165) is 84.7 Å². The number of pyridine rings is 4. The minimum Gasteiger partial charge on any atom is -0.294 e. The minimum absolute atomic E-state index is 0.892. The molecular weight excluding hydrogens is 1760 g/mol. The Hall–Kier alpha value is -19.6. The van der Waals surface area contributed by atoms with Gasteiger partial charge in [-0.25, -0.2) is 19.9 Å². The van der Waals surface area contributed by atoms with Gasteiger partial charge in [0, 0.05) is 78.5 Å². The van der Waals surface area contributed by atoms with Gasteiger partial charge in [0.15, 0.2) is 0 Å². The highest BCUT2D eigenvalue weighted by Crippen LogP contribution is 2.48. The first-order valence-electron chi connectivity index (χ1n) is 49.4. The standard InChI is InChI=1S/C37H23N3.C35H22N2.C34H21N3.C29H18N2/c1-2-12-24(13-3-1)39-35-21-11-9-19-33(35)38-37(39)40-34-20-10-8-18-29(34)32-22-30-27-16-6-4-14-25(27)26-15-5-7-17-28(26)31(30)23-36(32)40;1-2-11-23(12-3-1)32-18-10-20-35(36-32)37-33-19-9-8-17-28(33)31-21-29-26-15-6-4-13-24(26)25-14-5-7-16-27(25)30(29)22-34(31)37;1-3-11-25-23(9-1)24-10-2-4-12-26(24)29-20-33-30(19-28(25)29)27-13-5-6-15-32(27)37(33)34-17-16-22(21-36-34)31-14-7-8-18-35-31;1-3-11-21-19(9-1)20-10-2-4-12-22(20)25-18-28-26(17-24(21)25)23-13-5-6-14-27(23)31(28)29-15-7-8-16-30-29/h1-23H;1-22H;1-21H;1-18H. The molecule has 10 heteroatoms. The fourth-order valence-corrected chi connectivity index (χ4v) is 23.4. The van der Waals surface area contributed by atoms with Gasteiger partial charge in [-0.3, -0.25) is 27.8 Å². The maximum Gasteiger partial charge on any atom is 0.220 e. The molecule has 23 aromatic carbocycles. The van der Waals surface area contributed by atoms with Crippen molar-refractivity contribution >= 4 is 228 Å². The van der Waals surface area contributed by atoms with Crippen LogP contribution in [0.1, 0.15) is 0 Å². The van der Waals surface area contributed by atoms with Crippen molar-refractivity contribution in [1.29, 1.82) is 0 Å². The van der Waals surface area contributed by atoms with Crippen LogP contribution in [0.3, 0.4) is 0 Å². The van der Waals surface area contributed by atoms with E-state index < -0.39 is 0 Å². The number of para-hydroxylation sites is 7. The number of aromatic nitrogens is 10. The Labute approximate surface area is 831 Å². The second kappa shape index (κ2) is 33.6. The molecule has 0 spiro atoms. The minimum atomic E-state index is 0.892. The normalized spacial score (nSPS) is 11.9. The predicted octanol–water partition coefficient (Wildman–Crippen LogP) is 35.2. The maximum absolute atomic E-state index is 5.25. The SMILES string of the molecule is c1ccc(-c2ccc(-n3c4ccccc4c4cc5c6ccccc6c6ccccc6c5cc43)nc2)nc1.c1ccc(-c2cccc(-n3c4ccccc4c4cc5c6ccccc6c6ccccc6c5cc43)n2)cc1.c1ccc(-n2c(-n3c4ccccc4c4cc5c6ccccc6c6ccccc6c5cc43)nc3ccccc32)cc1.c1ccc(-n2c3ccccc3c3cc4c5ccccc5c5ccccc5c4cc32)nc1. The monoisotopic (exact) mass is 1840 g/mol. The lowest BCUT2D eigenvalue weighted by atomic mass is 9.93. The van der Waals surface area contributed by atoms with Crippen molar-refractivity contribution in [2.24, 2.45) is 0 Å². The molecule has 0 N–H and O–H groups in total. The summed E-state index contributed by atoms with van der Waals surface area (Å²) in [6.45, 7) is 0. The van der Waals surface area contributed by atoms with Gasteiger partial charge in [0.05, 0.1) is 66.6 Å². The van der Waals surface area contributed by atoms with Crippen LogP contribution >= 0.6 is 0 Å². The Morgan fingerprint density at radius 1 is 0.138 bits per heavy atom. The molecule has 0 radical (unpaired) electrons. The molecule has 32 aromatic rings. The zero-order chi connectivity index (χ0) is 95.3. The van der Waals surface area contributed by atoms with E-state index in [1.807, 2.05) is 55.0 Å². The van der Waals surface area contributed by atoms with Crippen LogP contribution in [0.5, 0.6) is 0 Å². The summed E-state index contributed by atoms with van der Waals surface area (Å²) in [5.74, 6) is 3.66. The fraction of sp³-hybridized carbons (Fsp3) is 0. The van der Waals surface area contributed by atoms with Gasteiger partial charge in [0.2, 0.25) is 5.95 Å². The number of imidazole rings is 1. The molecule has 0 saturated carbocycles. The highest BCUT2D eigenvalue weighted by atomic mass is 15.2. The van der Waals surface area contributed by atoms with E-state index in [2.05, 4.69) is 488 Å². The largest absolute Gasteiger partial charge is 0.294 e. The van der Waals surface area contributed by atoms with E-state index in [9.17, 15) is 0 Å². The number of hydrogen-bond acceptors (Lipinski definition) is 5. The van der Waals surface area contributed by atoms with Crippen molar-refractivity contribution in [2.75, 3.05) is 0 Å². The lowest BCUT2D eigenvalue weighted by molar-refractivity contribution is 0.956. The van der Waals surface area contributed by atoms with E-state index in [1.54, 1.807) is 0 Å². The Morgan fingerprint density at radius 2 is 0.421 bits per heavy atom. The zero-order valence-corrected chi connectivity index (χ0v) is 78.5. The molecule has 9 heterocycles. The van der Waals surface area contributed by atoms with Crippen molar-refractivity contribution < 1.29 is 0 Å². The highest BCUT2D eigenvalue weighted by Gasteiger charge is 2.26. The van der Waals surface area contributed by atoms with Crippen molar-refractivity contribution in [2.45, 2.75) is 0 Å². The summed E-state index contributed by atoms with van der Waals surface area (Å²) >= 11 is 0. The van der Waals surface area contributed by atoms with Crippen LogP contribution < -0.4 is 0 Å². The van der Waals surface area contributed by atoms with E-state index in [1.165, 1.54) is 194 Å². The molecule has 0 aliphatic rings. The molecule has 0 unspecified atom stereocenters. The van der Waals surface area contributed by atoms with Crippen molar-refractivity contribution in [3.63, 3.8) is 0 Å². The highest BCUT2D eigenvalue weighted by molar-refractivity contribution is 6.34. The molecule has 0 fully saturated rings. The second-order valence-electron chi connectivity index (χ2n) is 37.6. The third-order valence-electron chi connectivity index (χ3n) is 29.8. The molecular formula is C135H84N10. The van der Waals surface area contributed by atoms with Crippen LogP contribution in [0.25, 0.3) is 279 Å². The molecule has 9 aromatic heterocycles. The van der Waals surface area contributed by atoms with Crippen molar-refractivity contribution in [3.05, 3.63) is 510 Å². The molecule has 0 atom stereocenters. The molecule has 32 rings (SSSR count). The van der Waals surface area contributed by atoms with Crippen molar-refractivity contribution in [1.82, 2.24) is 47.8 Å². The summed E-state index contributed by atoms with van der Waals surface area (Å²) in [5, 5.41) is 40.7. The van der Waals surface area contributed by atoms with Gasteiger partial charge in [-0.15, -0.1) is 0 Å². The summed E-state index contributed by atoms with van der Waals surface area (Å²) in [4.78, 5) is 24.5. The molecule has 0 aliphatic carbocycles. The predicted molar refractivity (Wildman–Crippen MR) is 610 cm³/mol. The van der Waals surface area contributed by atoms with Crippen LogP contribution in [-0.2, 0) is 0 Å². The van der Waals surface area contributed by atoms with Crippen molar-refractivity contribution in [3.8, 4) is 51.6 Å². The van der Waals surface area contributed by atoms with E-state index in [0.29, 0.717) is 0 Å². The molecule has 145 heavy (non-hydrogen) atoms. The zero-order valence-electron chi connectivity index (χ0n) is 78.5. The quantitative estimate of drug-likeness (QED) is 0.148. The topological polar surface area (TPSA) is 89.1 Å². The third-order valence-corrected chi connectivity index (χ3v) is 29.8. The van der Waals surface area contributed by atoms with Gasteiger partial charge >= 0.3 is 0 Å². The number of nitrogens with zero attached hydrogens (tertiary/aromatic N) is 10. The number of fused-ring (bicyclic) bond motifs is 37. The van der Waals surface area contributed by atoms with Crippen LogP contribution in [-0.4, -0.2) is 47.8 Å². The Kier molecular flexibility index (Phi) is 19.1. The maximum atomic E-state index is 5.25. The van der Waals surface area contributed by atoms with E-state index >= 15 is 0 Å². The third kappa shape index (κ3) is 13.2. The first-order valence-corrected chi connectivity index (χ1v) is 49.4. The molecule has 674 valence electrons. The Bertz CT molecular complexity index is 10900. The molecule has 0 bridgehead atoms. The summed E-state index contributed by atoms with van der Waals surface area (Å²) in [6, 6.07) is 176. The van der Waals surface area contributed by atoms with E-state index in [4.69, 9.17) is 15.0 Å². The fourth-order valence-electron chi connectivity index (χ4n) is 23.4. The first kappa shape index (κ1) is 82.5. The van der Waals surface area contributed by atoms with Gasteiger partial charge in [-0.2, -0.15) is 0 Å². The second-order valence-corrected chi connectivity index (χ2v) is 37.6.